The molecule has 0 saturated carbocycles. The summed E-state index contributed by atoms with van der Waals surface area (Å²) in [5, 5.41) is 26.4. The SMILES string of the molecule is O=C(O)c1ccnc(Cl)c1[N+](=O)[O-].O=NO. The summed E-state index contributed by atoms with van der Waals surface area (Å²) >= 11 is 5.35. The van der Waals surface area contributed by atoms with Gasteiger partial charge >= 0.3 is 11.7 Å². The van der Waals surface area contributed by atoms with Crippen LogP contribution in [0.15, 0.2) is 17.6 Å². The fourth-order valence-electron chi connectivity index (χ4n) is 0.775. The maximum Gasteiger partial charge on any atom is 0.342 e. The van der Waals surface area contributed by atoms with E-state index in [1.165, 1.54) is 5.34 Å². The number of carboxylic acid groups (broad SMARTS) is 1. The number of pyridine rings is 1. The van der Waals surface area contributed by atoms with Crippen molar-refractivity contribution in [2.45, 2.75) is 0 Å². The second kappa shape index (κ2) is 6.24. The number of carbonyl (C=O) groups is 1. The zero-order valence-electron chi connectivity index (χ0n) is 7.40. The van der Waals surface area contributed by atoms with Gasteiger partial charge < -0.3 is 10.3 Å². The van der Waals surface area contributed by atoms with Crippen molar-refractivity contribution in [3.63, 3.8) is 0 Å². The molecule has 0 atom stereocenters. The Kier molecular flexibility index (Phi) is 5.35. The van der Waals surface area contributed by atoms with Crippen molar-refractivity contribution in [2.75, 3.05) is 0 Å². The van der Waals surface area contributed by atoms with E-state index in [1.54, 1.807) is 0 Å². The molecule has 0 aliphatic rings. The highest BCUT2D eigenvalue weighted by Gasteiger charge is 2.23. The first-order chi connectivity index (χ1) is 7.45. The molecule has 1 aromatic heterocycles. The molecule has 0 aliphatic heterocycles. The largest absolute Gasteiger partial charge is 0.477 e. The molecule has 0 radical (unpaired) electrons. The van der Waals surface area contributed by atoms with Gasteiger partial charge in [-0.15, -0.1) is 4.91 Å². The lowest BCUT2D eigenvalue weighted by atomic mass is 10.2. The lowest BCUT2D eigenvalue weighted by Gasteiger charge is -1.97. The quantitative estimate of drug-likeness (QED) is 0.349. The number of halogens is 1. The summed E-state index contributed by atoms with van der Waals surface area (Å²) in [7, 11) is 0. The van der Waals surface area contributed by atoms with E-state index in [0.29, 0.717) is 0 Å². The second-order valence-corrected chi connectivity index (χ2v) is 2.50. The lowest BCUT2D eigenvalue weighted by Crippen LogP contribution is -2.03. The van der Waals surface area contributed by atoms with E-state index in [2.05, 4.69) is 4.98 Å². The predicted molar refractivity (Wildman–Crippen MR) is 50.4 cm³/mol. The van der Waals surface area contributed by atoms with Crippen LogP contribution in [-0.2, 0) is 0 Å². The minimum atomic E-state index is -1.41. The van der Waals surface area contributed by atoms with Crippen LogP contribution in [0.4, 0.5) is 5.69 Å². The van der Waals surface area contributed by atoms with Crippen LogP contribution in [0, 0.1) is 15.0 Å². The van der Waals surface area contributed by atoms with Crippen molar-refractivity contribution in [1.82, 2.24) is 4.98 Å². The molecule has 86 valence electrons. The van der Waals surface area contributed by atoms with Crippen LogP contribution < -0.4 is 0 Å². The molecule has 1 heterocycles. The number of carboxylic acids is 1. The van der Waals surface area contributed by atoms with Gasteiger partial charge in [-0.25, -0.2) is 9.78 Å². The molecule has 0 bridgehead atoms. The zero-order chi connectivity index (χ0) is 12.7. The van der Waals surface area contributed by atoms with Gasteiger partial charge in [0.05, 0.1) is 4.92 Å². The van der Waals surface area contributed by atoms with E-state index in [4.69, 9.17) is 26.8 Å². The summed E-state index contributed by atoms with van der Waals surface area (Å²) in [4.78, 5) is 31.5. The summed E-state index contributed by atoms with van der Waals surface area (Å²) in [6.07, 6.45) is 1.10. The zero-order valence-corrected chi connectivity index (χ0v) is 8.16. The third-order valence-electron chi connectivity index (χ3n) is 1.29. The number of hydrogen-bond donors (Lipinski definition) is 2. The number of nitro groups is 1. The van der Waals surface area contributed by atoms with Gasteiger partial charge in [-0.05, 0) is 6.07 Å². The van der Waals surface area contributed by atoms with Gasteiger partial charge in [0.25, 0.3) is 0 Å². The molecule has 0 aromatic carbocycles. The molecule has 0 aliphatic carbocycles. The van der Waals surface area contributed by atoms with Crippen molar-refractivity contribution in [3.05, 3.63) is 38.0 Å². The molecule has 0 unspecified atom stereocenters. The highest BCUT2D eigenvalue weighted by molar-refractivity contribution is 6.32. The van der Waals surface area contributed by atoms with E-state index in [9.17, 15) is 14.9 Å². The Morgan fingerprint density at radius 1 is 1.62 bits per heavy atom. The smallest absolute Gasteiger partial charge is 0.342 e. The Morgan fingerprint density at radius 2 is 2.12 bits per heavy atom. The van der Waals surface area contributed by atoms with Gasteiger partial charge in [-0.2, -0.15) is 0 Å². The molecule has 1 aromatic rings. The van der Waals surface area contributed by atoms with Crippen molar-refractivity contribution in [1.29, 1.82) is 0 Å². The van der Waals surface area contributed by atoms with Crippen LogP contribution >= 0.6 is 11.6 Å². The molecule has 9 nitrogen and oxygen atoms in total. The van der Waals surface area contributed by atoms with Crippen LogP contribution in [0.25, 0.3) is 0 Å². The Hall–Kier alpha value is -2.29. The first-order valence-corrected chi connectivity index (χ1v) is 3.82. The third-order valence-corrected chi connectivity index (χ3v) is 1.57. The predicted octanol–water partition coefficient (Wildman–Crippen LogP) is 1.48. The first-order valence-electron chi connectivity index (χ1n) is 3.44. The Bertz CT molecular complexity index is 423. The molecule has 2 N–H and O–H groups in total. The molecule has 16 heavy (non-hydrogen) atoms. The van der Waals surface area contributed by atoms with Gasteiger partial charge in [0.15, 0.2) is 5.34 Å². The summed E-state index contributed by atoms with van der Waals surface area (Å²) in [5.41, 5.74) is -1.15. The average Bonchev–Trinajstić information content (AvgIpc) is 2.17. The fourth-order valence-corrected chi connectivity index (χ4v) is 1.00. The monoisotopic (exact) mass is 249 g/mol. The van der Waals surface area contributed by atoms with Gasteiger partial charge in [-0.3, -0.25) is 10.1 Å². The molecule has 0 spiro atoms. The summed E-state index contributed by atoms with van der Waals surface area (Å²) in [5.74, 6) is -1.41. The van der Waals surface area contributed by atoms with Gasteiger partial charge in [0.2, 0.25) is 5.15 Å². The number of nitrogens with zero attached hydrogens (tertiary/aromatic N) is 3. The molecule has 0 amide bonds. The topological polar surface area (TPSA) is 143 Å². The van der Waals surface area contributed by atoms with Crippen molar-refractivity contribution in [3.8, 4) is 0 Å². The minimum absolute atomic E-state index is 0.426. The van der Waals surface area contributed by atoms with E-state index >= 15 is 0 Å². The Labute approximate surface area is 92.4 Å². The van der Waals surface area contributed by atoms with Crippen LogP contribution in [-0.4, -0.2) is 26.2 Å². The number of aromatic nitrogens is 1. The normalized spacial score (nSPS) is 8.56. The lowest BCUT2D eigenvalue weighted by molar-refractivity contribution is -0.385. The van der Waals surface area contributed by atoms with Crippen LogP contribution in [0.5, 0.6) is 0 Å². The molecule has 0 saturated heterocycles. The van der Waals surface area contributed by atoms with E-state index in [1.807, 2.05) is 0 Å². The Morgan fingerprint density at radius 3 is 2.44 bits per heavy atom. The Balaban J connectivity index is 0.000000673. The molecular weight excluding hydrogens is 246 g/mol. The van der Waals surface area contributed by atoms with Crippen molar-refractivity contribution >= 4 is 23.3 Å². The van der Waals surface area contributed by atoms with E-state index < -0.39 is 27.3 Å². The highest BCUT2D eigenvalue weighted by atomic mass is 35.5. The van der Waals surface area contributed by atoms with Crippen LogP contribution in [0.2, 0.25) is 5.15 Å². The minimum Gasteiger partial charge on any atom is -0.477 e. The van der Waals surface area contributed by atoms with Gasteiger partial charge in [0, 0.05) is 6.20 Å². The van der Waals surface area contributed by atoms with Crippen molar-refractivity contribution < 1.29 is 20.0 Å². The number of aromatic carboxylic acids is 1. The van der Waals surface area contributed by atoms with E-state index in [0.717, 1.165) is 12.3 Å². The summed E-state index contributed by atoms with van der Waals surface area (Å²) < 4.78 is 0. The number of rotatable bonds is 2. The number of hydrogen-bond acceptors (Lipinski definition) is 6. The average molecular weight is 250 g/mol. The molecular formula is C6H4ClN3O6. The van der Waals surface area contributed by atoms with E-state index in [-0.39, 0.29) is 0 Å². The fraction of sp³-hybridized carbons (Fsp3) is 0. The first kappa shape index (κ1) is 13.7. The highest BCUT2D eigenvalue weighted by Crippen LogP contribution is 2.25. The van der Waals surface area contributed by atoms with Gasteiger partial charge in [0.1, 0.15) is 5.56 Å². The van der Waals surface area contributed by atoms with Crippen LogP contribution in [0.1, 0.15) is 10.4 Å². The molecule has 10 heteroatoms. The maximum absolute atomic E-state index is 10.5. The third kappa shape index (κ3) is 3.46. The molecule has 1 rings (SSSR count). The summed E-state index contributed by atoms with van der Waals surface area (Å²) in [6.45, 7) is 0. The molecule has 0 fully saturated rings. The van der Waals surface area contributed by atoms with Gasteiger partial charge in [-0.1, -0.05) is 11.6 Å². The maximum atomic E-state index is 10.5. The summed E-state index contributed by atoms with van der Waals surface area (Å²) in [6, 6.07) is 1.02. The second-order valence-electron chi connectivity index (χ2n) is 2.14. The standard InChI is InChI=1S/C6H3ClN2O4.HNO2/c7-5-4(9(12)13)3(6(10)11)1-2-8-5;2-1-3/h1-2H,(H,10,11);(H,2,3). The van der Waals surface area contributed by atoms with Crippen molar-refractivity contribution in [2.24, 2.45) is 5.34 Å². The van der Waals surface area contributed by atoms with Crippen LogP contribution in [0.3, 0.4) is 0 Å².